The molecule has 23 heavy (non-hydrogen) atoms. The van der Waals surface area contributed by atoms with Gasteiger partial charge >= 0.3 is 5.97 Å². The van der Waals surface area contributed by atoms with E-state index in [1.165, 1.54) is 71.3 Å². The molecule has 0 aromatic heterocycles. The van der Waals surface area contributed by atoms with E-state index in [1.54, 1.807) is 12.8 Å². The summed E-state index contributed by atoms with van der Waals surface area (Å²) in [6.07, 6.45) is 18.7. The third-order valence-electron chi connectivity index (χ3n) is 6.11. The molecule has 2 nitrogen and oxygen atoms in total. The fourth-order valence-corrected chi connectivity index (χ4v) is 4.26. The summed E-state index contributed by atoms with van der Waals surface area (Å²) in [5.41, 5.74) is 0. The topological polar surface area (TPSA) is 26.3 Å². The first kappa shape index (κ1) is 18.8. The van der Waals surface area contributed by atoms with Crippen molar-refractivity contribution in [2.45, 2.75) is 96.8 Å². The minimum Gasteiger partial charge on any atom is -0.469 e. The summed E-state index contributed by atoms with van der Waals surface area (Å²) in [6.45, 7) is 2.30. The van der Waals surface area contributed by atoms with Crippen LogP contribution in [0.1, 0.15) is 96.8 Å². The highest BCUT2D eigenvalue weighted by Gasteiger charge is 2.44. The zero-order valence-electron chi connectivity index (χ0n) is 15.5. The first-order valence-electron chi connectivity index (χ1n) is 10.3. The number of carbonyl (C=O) groups excluding carboxylic acids is 1. The standard InChI is InChI=1S/C21H38O2/c1-3-4-8-11-17-14-19(17)16-20-15-18(20)12-9-6-5-7-10-13-21(22)23-2/h17-20H,3-16H2,1-2H3/t17-,18-,19+,20+/m1/s1. The van der Waals surface area contributed by atoms with Crippen LogP contribution in [0.4, 0.5) is 0 Å². The molecule has 2 aliphatic carbocycles. The molecular formula is C21H38O2. The van der Waals surface area contributed by atoms with Crippen molar-refractivity contribution in [1.82, 2.24) is 0 Å². The Kier molecular flexibility index (Phi) is 8.47. The van der Waals surface area contributed by atoms with E-state index in [1.807, 2.05) is 0 Å². The SMILES string of the molecule is CCCCC[C@@H]1C[C@H]1C[C@@H]1C[C@H]1CCCCCCCC(=O)OC. The summed E-state index contributed by atoms with van der Waals surface area (Å²) in [6, 6.07) is 0. The minimum atomic E-state index is -0.0566. The van der Waals surface area contributed by atoms with Gasteiger partial charge in [0, 0.05) is 6.42 Å². The van der Waals surface area contributed by atoms with Crippen molar-refractivity contribution in [1.29, 1.82) is 0 Å². The maximum absolute atomic E-state index is 11.0. The van der Waals surface area contributed by atoms with Crippen molar-refractivity contribution in [3.05, 3.63) is 0 Å². The Morgan fingerprint density at radius 2 is 1.39 bits per heavy atom. The molecule has 0 N–H and O–H groups in total. The smallest absolute Gasteiger partial charge is 0.305 e. The molecule has 0 bridgehead atoms. The van der Waals surface area contributed by atoms with Gasteiger partial charge in [0.2, 0.25) is 0 Å². The second-order valence-electron chi connectivity index (χ2n) is 8.13. The highest BCUT2D eigenvalue weighted by atomic mass is 16.5. The van der Waals surface area contributed by atoms with Gasteiger partial charge in [0.15, 0.2) is 0 Å². The van der Waals surface area contributed by atoms with Crippen LogP contribution >= 0.6 is 0 Å². The highest BCUT2D eigenvalue weighted by Crippen LogP contribution is 2.54. The predicted molar refractivity (Wildman–Crippen MR) is 96.3 cm³/mol. The fraction of sp³-hybridized carbons (Fsp3) is 0.952. The second-order valence-corrected chi connectivity index (χ2v) is 8.13. The van der Waals surface area contributed by atoms with E-state index in [2.05, 4.69) is 11.7 Å². The van der Waals surface area contributed by atoms with Crippen molar-refractivity contribution in [3.8, 4) is 0 Å². The van der Waals surface area contributed by atoms with Crippen molar-refractivity contribution >= 4 is 5.97 Å². The van der Waals surface area contributed by atoms with Crippen molar-refractivity contribution in [3.63, 3.8) is 0 Å². The molecule has 0 aliphatic heterocycles. The van der Waals surface area contributed by atoms with E-state index in [0.29, 0.717) is 6.42 Å². The van der Waals surface area contributed by atoms with E-state index < -0.39 is 0 Å². The van der Waals surface area contributed by atoms with Crippen LogP contribution in [0, 0.1) is 23.7 Å². The minimum absolute atomic E-state index is 0.0566. The molecule has 0 amide bonds. The van der Waals surface area contributed by atoms with Gasteiger partial charge in [0.1, 0.15) is 0 Å². The Bertz CT molecular complexity index is 339. The molecule has 2 fully saturated rings. The molecule has 0 radical (unpaired) electrons. The summed E-state index contributed by atoms with van der Waals surface area (Å²) in [4.78, 5) is 11.0. The van der Waals surface area contributed by atoms with Gasteiger partial charge in [-0.2, -0.15) is 0 Å². The number of esters is 1. The molecule has 0 aromatic carbocycles. The van der Waals surface area contributed by atoms with Crippen LogP contribution in [0.5, 0.6) is 0 Å². The van der Waals surface area contributed by atoms with Crippen molar-refractivity contribution in [2.24, 2.45) is 23.7 Å². The van der Waals surface area contributed by atoms with Gasteiger partial charge in [-0.15, -0.1) is 0 Å². The Labute approximate surface area is 143 Å². The number of unbranched alkanes of at least 4 members (excludes halogenated alkanes) is 6. The molecule has 4 atom stereocenters. The summed E-state index contributed by atoms with van der Waals surface area (Å²) in [7, 11) is 1.48. The van der Waals surface area contributed by atoms with Crippen LogP contribution in [0.3, 0.4) is 0 Å². The van der Waals surface area contributed by atoms with Gasteiger partial charge < -0.3 is 4.74 Å². The zero-order chi connectivity index (χ0) is 16.5. The largest absolute Gasteiger partial charge is 0.469 e. The lowest BCUT2D eigenvalue weighted by molar-refractivity contribution is -0.140. The van der Waals surface area contributed by atoms with Crippen LogP contribution in [0.2, 0.25) is 0 Å². The van der Waals surface area contributed by atoms with E-state index in [0.717, 1.165) is 30.1 Å². The Morgan fingerprint density at radius 1 is 0.826 bits per heavy atom. The van der Waals surface area contributed by atoms with E-state index in [9.17, 15) is 4.79 Å². The number of methoxy groups -OCH3 is 1. The third-order valence-corrected chi connectivity index (χ3v) is 6.11. The van der Waals surface area contributed by atoms with Crippen LogP contribution in [0.15, 0.2) is 0 Å². The molecule has 0 saturated heterocycles. The maximum atomic E-state index is 11.0. The van der Waals surface area contributed by atoms with Crippen molar-refractivity contribution < 1.29 is 9.53 Å². The van der Waals surface area contributed by atoms with Crippen molar-refractivity contribution in [2.75, 3.05) is 7.11 Å². The average molecular weight is 323 g/mol. The quantitative estimate of drug-likeness (QED) is 0.284. The summed E-state index contributed by atoms with van der Waals surface area (Å²) < 4.78 is 4.66. The van der Waals surface area contributed by atoms with E-state index in [-0.39, 0.29) is 5.97 Å². The molecule has 0 spiro atoms. The van der Waals surface area contributed by atoms with Gasteiger partial charge in [-0.3, -0.25) is 4.79 Å². The van der Waals surface area contributed by atoms with Gasteiger partial charge in [-0.1, -0.05) is 64.7 Å². The molecule has 134 valence electrons. The monoisotopic (exact) mass is 322 g/mol. The summed E-state index contributed by atoms with van der Waals surface area (Å²) in [5, 5.41) is 0. The summed E-state index contributed by atoms with van der Waals surface area (Å²) in [5.74, 6) is 4.33. The van der Waals surface area contributed by atoms with Crippen LogP contribution < -0.4 is 0 Å². The number of carbonyl (C=O) groups is 1. The highest BCUT2D eigenvalue weighted by molar-refractivity contribution is 5.68. The Hall–Kier alpha value is -0.530. The predicted octanol–water partition coefficient (Wildman–Crippen LogP) is 6.13. The molecule has 0 unspecified atom stereocenters. The molecular weight excluding hydrogens is 284 g/mol. The van der Waals surface area contributed by atoms with E-state index >= 15 is 0 Å². The molecule has 2 aliphatic rings. The maximum Gasteiger partial charge on any atom is 0.305 e. The second kappa shape index (κ2) is 10.4. The molecule has 0 aromatic rings. The molecule has 2 rings (SSSR count). The number of ether oxygens (including phenoxy) is 1. The normalized spacial score (nSPS) is 28.6. The van der Waals surface area contributed by atoms with Gasteiger partial charge in [-0.25, -0.2) is 0 Å². The first-order chi connectivity index (χ1) is 11.2. The van der Waals surface area contributed by atoms with E-state index in [4.69, 9.17) is 0 Å². The summed E-state index contributed by atoms with van der Waals surface area (Å²) >= 11 is 0. The third kappa shape index (κ3) is 7.72. The zero-order valence-corrected chi connectivity index (χ0v) is 15.5. The Balaban J connectivity index is 1.35. The van der Waals surface area contributed by atoms with Gasteiger partial charge in [0.05, 0.1) is 7.11 Å². The average Bonchev–Trinajstić information content (AvgIpc) is 3.46. The fourth-order valence-electron chi connectivity index (χ4n) is 4.26. The Morgan fingerprint density at radius 3 is 2.00 bits per heavy atom. The van der Waals surface area contributed by atoms with Crippen LogP contribution in [-0.2, 0) is 9.53 Å². The lowest BCUT2D eigenvalue weighted by atomic mass is 10.0. The first-order valence-corrected chi connectivity index (χ1v) is 10.3. The molecule has 2 heteroatoms. The van der Waals surface area contributed by atoms with Gasteiger partial charge in [0.25, 0.3) is 0 Å². The molecule has 2 saturated carbocycles. The van der Waals surface area contributed by atoms with Crippen LogP contribution in [-0.4, -0.2) is 13.1 Å². The lowest BCUT2D eigenvalue weighted by Gasteiger charge is -2.03. The molecule has 0 heterocycles. The van der Waals surface area contributed by atoms with Crippen LogP contribution in [0.25, 0.3) is 0 Å². The number of hydrogen-bond donors (Lipinski definition) is 0. The van der Waals surface area contributed by atoms with Gasteiger partial charge in [-0.05, 0) is 49.4 Å². The number of hydrogen-bond acceptors (Lipinski definition) is 2. The lowest BCUT2D eigenvalue weighted by Crippen LogP contribution is -1.99. The number of rotatable bonds is 14.